The lowest BCUT2D eigenvalue weighted by Crippen LogP contribution is -1.75. The van der Waals surface area contributed by atoms with Crippen LogP contribution >= 0.6 is 0 Å². The zero-order chi connectivity index (χ0) is 18.5. The van der Waals surface area contributed by atoms with E-state index in [-0.39, 0.29) is 23.0 Å². The third-order valence-corrected chi connectivity index (χ3v) is 3.95. The minimum absolute atomic E-state index is 0.198. The van der Waals surface area contributed by atoms with Crippen molar-refractivity contribution in [2.45, 2.75) is 0 Å². The molecule has 0 aromatic heterocycles. The second kappa shape index (κ2) is 7.49. The van der Waals surface area contributed by atoms with Crippen LogP contribution in [0.3, 0.4) is 0 Å². The Labute approximate surface area is 150 Å². The smallest absolute Gasteiger partial charge is 0.123 e. The lowest BCUT2D eigenvalue weighted by atomic mass is 10.1. The fraction of sp³-hybridized carbons (Fsp3) is 0. The summed E-state index contributed by atoms with van der Waals surface area (Å²) in [5.41, 5.74) is 2.03. The van der Waals surface area contributed by atoms with E-state index in [0.717, 1.165) is 11.1 Å². The van der Waals surface area contributed by atoms with Crippen LogP contribution < -0.4 is 0 Å². The van der Waals surface area contributed by atoms with Crippen LogP contribution in [0.15, 0.2) is 84.9 Å². The van der Waals surface area contributed by atoms with Crippen LogP contribution in [-0.2, 0) is 0 Å². The van der Waals surface area contributed by atoms with Gasteiger partial charge in [0.1, 0.15) is 23.0 Å². The summed E-state index contributed by atoms with van der Waals surface area (Å²) in [5.74, 6) is 0.909. The first-order valence-electron chi connectivity index (χ1n) is 8.03. The van der Waals surface area contributed by atoms with Gasteiger partial charge in [-0.05, 0) is 47.5 Å². The third kappa shape index (κ3) is 3.87. The van der Waals surface area contributed by atoms with Gasteiger partial charge in [0.15, 0.2) is 0 Å². The van der Waals surface area contributed by atoms with Gasteiger partial charge >= 0.3 is 0 Å². The number of hydrogen-bond acceptors (Lipinski definition) is 4. The molecule has 0 aliphatic carbocycles. The Kier molecular flexibility index (Phi) is 4.94. The molecule has 4 rings (SSSR count). The molecule has 4 nitrogen and oxygen atoms in total. The molecule has 4 aromatic carbocycles. The zero-order valence-corrected chi connectivity index (χ0v) is 13.9. The minimum atomic E-state index is 0.198. The quantitative estimate of drug-likeness (QED) is 0.365. The number of phenols is 4. The molecule has 0 aliphatic heterocycles. The molecule has 0 heterocycles. The summed E-state index contributed by atoms with van der Waals surface area (Å²) in [6, 6.07) is 24.1. The van der Waals surface area contributed by atoms with E-state index in [9.17, 15) is 10.2 Å². The average molecular weight is 346 g/mol. The Hall–Kier alpha value is -3.66. The van der Waals surface area contributed by atoms with Gasteiger partial charge in [-0.25, -0.2) is 0 Å². The minimum Gasteiger partial charge on any atom is -0.508 e. The maximum atomic E-state index is 9.38. The lowest BCUT2D eigenvalue weighted by molar-refractivity contribution is 0.469. The van der Waals surface area contributed by atoms with Crippen LogP contribution in [-0.4, -0.2) is 20.4 Å². The Morgan fingerprint density at radius 1 is 0.385 bits per heavy atom. The van der Waals surface area contributed by atoms with Crippen molar-refractivity contribution < 1.29 is 20.4 Å². The van der Waals surface area contributed by atoms with Crippen molar-refractivity contribution in [2.75, 3.05) is 0 Å². The Bertz CT molecular complexity index is 922. The second-order valence-electron chi connectivity index (χ2n) is 5.74. The van der Waals surface area contributed by atoms with Gasteiger partial charge in [-0.15, -0.1) is 0 Å². The highest BCUT2D eigenvalue weighted by Gasteiger charge is 2.01. The maximum Gasteiger partial charge on any atom is 0.123 e. The molecular weight excluding hydrogens is 328 g/mol. The molecule has 0 atom stereocenters. The fourth-order valence-corrected chi connectivity index (χ4v) is 2.58. The highest BCUT2D eigenvalue weighted by molar-refractivity contribution is 5.92. The molecule has 0 unspecified atom stereocenters. The number of hydrogen-bond donors (Lipinski definition) is 4. The van der Waals surface area contributed by atoms with Gasteiger partial charge in [-0.1, -0.05) is 48.5 Å². The predicted molar refractivity (Wildman–Crippen MR) is 102 cm³/mol. The second-order valence-corrected chi connectivity index (χ2v) is 5.74. The van der Waals surface area contributed by atoms with Gasteiger partial charge in [-0.2, -0.15) is 0 Å². The van der Waals surface area contributed by atoms with Crippen LogP contribution in [0.2, 0.25) is 0 Å². The summed E-state index contributed by atoms with van der Waals surface area (Å²) in [7, 11) is 0. The van der Waals surface area contributed by atoms with Crippen molar-refractivity contribution in [1.82, 2.24) is 0 Å². The van der Waals surface area contributed by atoms with Crippen molar-refractivity contribution in [2.24, 2.45) is 0 Å². The van der Waals surface area contributed by atoms with Gasteiger partial charge in [0.25, 0.3) is 0 Å². The van der Waals surface area contributed by atoms with E-state index >= 15 is 0 Å². The summed E-state index contributed by atoms with van der Waals surface area (Å²) in [4.78, 5) is 0. The molecule has 0 saturated carbocycles. The fourth-order valence-electron chi connectivity index (χ4n) is 2.58. The number of fused-ring (bicyclic) bond motifs is 1. The SMILES string of the molecule is Oc1ccc(-c2ccc(O)cc2)cc1.Oc1ccc(O)c2ccccc12. The van der Waals surface area contributed by atoms with E-state index in [4.69, 9.17) is 10.2 Å². The van der Waals surface area contributed by atoms with Gasteiger partial charge in [0, 0.05) is 10.8 Å². The molecule has 0 bridgehead atoms. The Morgan fingerprint density at radius 2 is 0.731 bits per heavy atom. The molecule has 0 radical (unpaired) electrons. The van der Waals surface area contributed by atoms with Crippen LogP contribution in [0.1, 0.15) is 0 Å². The maximum absolute atomic E-state index is 9.38. The van der Waals surface area contributed by atoms with Gasteiger partial charge in [-0.3, -0.25) is 0 Å². The van der Waals surface area contributed by atoms with Crippen molar-refractivity contribution >= 4 is 10.8 Å². The zero-order valence-electron chi connectivity index (χ0n) is 13.9. The Morgan fingerprint density at radius 3 is 1.08 bits per heavy atom. The lowest BCUT2D eigenvalue weighted by Gasteiger charge is -2.01. The topological polar surface area (TPSA) is 80.9 Å². The van der Waals surface area contributed by atoms with Crippen molar-refractivity contribution in [3.63, 3.8) is 0 Å². The number of rotatable bonds is 1. The summed E-state index contributed by atoms with van der Waals surface area (Å²) in [5, 5.41) is 38.3. The summed E-state index contributed by atoms with van der Waals surface area (Å²) < 4.78 is 0. The first-order chi connectivity index (χ1) is 12.5. The van der Waals surface area contributed by atoms with Gasteiger partial charge in [0.2, 0.25) is 0 Å². The van der Waals surface area contributed by atoms with E-state index in [0.29, 0.717) is 10.8 Å². The van der Waals surface area contributed by atoms with Crippen LogP contribution in [0.5, 0.6) is 23.0 Å². The molecule has 4 aromatic rings. The average Bonchev–Trinajstić information content (AvgIpc) is 2.67. The third-order valence-electron chi connectivity index (χ3n) is 3.95. The van der Waals surface area contributed by atoms with Crippen LogP contribution in [0, 0.1) is 0 Å². The number of benzene rings is 4. The molecule has 0 amide bonds. The number of aromatic hydroxyl groups is 4. The largest absolute Gasteiger partial charge is 0.508 e. The van der Waals surface area contributed by atoms with Gasteiger partial charge < -0.3 is 20.4 Å². The molecule has 26 heavy (non-hydrogen) atoms. The molecule has 4 N–H and O–H groups in total. The number of phenolic OH excluding ortho intramolecular Hbond substituents is 4. The highest BCUT2D eigenvalue weighted by atomic mass is 16.3. The van der Waals surface area contributed by atoms with Crippen molar-refractivity contribution in [3.8, 4) is 34.1 Å². The normalized spacial score (nSPS) is 10.2. The molecule has 4 heteroatoms. The molecule has 0 aliphatic rings. The summed E-state index contributed by atoms with van der Waals surface area (Å²) in [6.45, 7) is 0. The van der Waals surface area contributed by atoms with E-state index in [1.807, 2.05) is 36.4 Å². The van der Waals surface area contributed by atoms with Crippen LogP contribution in [0.4, 0.5) is 0 Å². The molecule has 0 saturated heterocycles. The first kappa shape index (κ1) is 17.2. The van der Waals surface area contributed by atoms with E-state index < -0.39 is 0 Å². The van der Waals surface area contributed by atoms with Crippen molar-refractivity contribution in [3.05, 3.63) is 84.9 Å². The van der Waals surface area contributed by atoms with Gasteiger partial charge in [0.05, 0.1) is 0 Å². The Balaban J connectivity index is 0.000000152. The first-order valence-corrected chi connectivity index (χ1v) is 8.03. The van der Waals surface area contributed by atoms with E-state index in [1.165, 1.54) is 12.1 Å². The molecule has 0 spiro atoms. The van der Waals surface area contributed by atoms with Crippen LogP contribution in [0.25, 0.3) is 21.9 Å². The monoisotopic (exact) mass is 346 g/mol. The summed E-state index contributed by atoms with van der Waals surface area (Å²) >= 11 is 0. The van der Waals surface area contributed by atoms with Crippen molar-refractivity contribution in [1.29, 1.82) is 0 Å². The van der Waals surface area contributed by atoms with E-state index in [2.05, 4.69) is 0 Å². The highest BCUT2D eigenvalue weighted by Crippen LogP contribution is 2.30. The summed E-state index contributed by atoms with van der Waals surface area (Å²) in [6.07, 6.45) is 0. The molecule has 0 fully saturated rings. The molecular formula is C22H18O4. The predicted octanol–water partition coefficient (Wildman–Crippen LogP) is 5.02. The molecule has 130 valence electrons. The van der Waals surface area contributed by atoms with E-state index in [1.54, 1.807) is 36.4 Å². The standard InChI is InChI=1S/C12H10O2.C10H8O2/c13-11-5-1-9(2-6-11)10-3-7-12(14)8-4-10;11-9-5-6-10(12)8-4-2-1-3-7(8)9/h1-8,13-14H;1-6,11-12H.